The second-order valence-electron chi connectivity index (χ2n) is 4.14. The van der Waals surface area contributed by atoms with Crippen molar-refractivity contribution >= 4 is 21.6 Å². The van der Waals surface area contributed by atoms with Gasteiger partial charge >= 0.3 is 0 Å². The third-order valence-electron chi connectivity index (χ3n) is 2.99. The van der Waals surface area contributed by atoms with Crippen LogP contribution in [0.3, 0.4) is 0 Å². The standard InChI is InChI=1S/C13H8BrN3O2/c14-12-6-15-13-4-2-9(16-17(12)13)8-1-3-10-11(5-8)19-7-18-10/h1-6H,7H2. The zero-order valence-electron chi connectivity index (χ0n) is 9.71. The number of nitrogens with zero attached hydrogens (tertiary/aromatic N) is 3. The normalized spacial score (nSPS) is 13.1. The van der Waals surface area contributed by atoms with E-state index < -0.39 is 0 Å². The van der Waals surface area contributed by atoms with Gasteiger partial charge in [0.25, 0.3) is 0 Å². The summed E-state index contributed by atoms with van der Waals surface area (Å²) in [6.07, 6.45) is 1.73. The highest BCUT2D eigenvalue weighted by molar-refractivity contribution is 9.10. The van der Waals surface area contributed by atoms with Crippen molar-refractivity contribution in [1.82, 2.24) is 14.6 Å². The summed E-state index contributed by atoms with van der Waals surface area (Å²) in [5.74, 6) is 1.53. The van der Waals surface area contributed by atoms with Crippen molar-refractivity contribution in [3.8, 4) is 22.8 Å². The molecule has 0 saturated carbocycles. The fraction of sp³-hybridized carbons (Fsp3) is 0.0769. The number of benzene rings is 1. The van der Waals surface area contributed by atoms with Crippen molar-refractivity contribution in [2.24, 2.45) is 0 Å². The first-order chi connectivity index (χ1) is 9.31. The predicted octanol–water partition coefficient (Wildman–Crippen LogP) is 2.89. The lowest BCUT2D eigenvalue weighted by Crippen LogP contribution is -1.94. The summed E-state index contributed by atoms with van der Waals surface area (Å²) in [7, 11) is 0. The van der Waals surface area contributed by atoms with Gasteiger partial charge in [0.2, 0.25) is 6.79 Å². The summed E-state index contributed by atoms with van der Waals surface area (Å²) in [5.41, 5.74) is 2.63. The number of rotatable bonds is 1. The van der Waals surface area contributed by atoms with Crippen LogP contribution in [-0.4, -0.2) is 21.4 Å². The van der Waals surface area contributed by atoms with Gasteiger partial charge in [0.15, 0.2) is 17.1 Å². The van der Waals surface area contributed by atoms with Crippen molar-refractivity contribution in [2.75, 3.05) is 6.79 Å². The first-order valence-electron chi connectivity index (χ1n) is 5.71. The lowest BCUT2D eigenvalue weighted by Gasteiger charge is -2.03. The molecule has 19 heavy (non-hydrogen) atoms. The maximum absolute atomic E-state index is 5.38. The minimum atomic E-state index is 0.276. The van der Waals surface area contributed by atoms with Gasteiger partial charge in [-0.25, -0.2) is 9.50 Å². The third kappa shape index (κ3) is 1.67. The molecule has 94 valence electrons. The molecule has 1 aliphatic heterocycles. The lowest BCUT2D eigenvalue weighted by atomic mass is 10.1. The molecule has 0 radical (unpaired) electrons. The molecule has 0 unspecified atom stereocenters. The smallest absolute Gasteiger partial charge is 0.231 e. The Morgan fingerprint density at radius 3 is 2.95 bits per heavy atom. The maximum Gasteiger partial charge on any atom is 0.231 e. The van der Waals surface area contributed by atoms with Gasteiger partial charge in [-0.3, -0.25) is 0 Å². The largest absolute Gasteiger partial charge is 0.454 e. The van der Waals surface area contributed by atoms with E-state index in [1.807, 2.05) is 30.3 Å². The van der Waals surface area contributed by atoms with Crippen LogP contribution in [-0.2, 0) is 0 Å². The van der Waals surface area contributed by atoms with Gasteiger partial charge in [0.1, 0.15) is 4.60 Å². The van der Waals surface area contributed by atoms with E-state index in [0.29, 0.717) is 0 Å². The molecule has 6 heteroatoms. The minimum Gasteiger partial charge on any atom is -0.454 e. The second kappa shape index (κ2) is 3.96. The Kier molecular flexibility index (Phi) is 2.25. The molecular formula is C13H8BrN3O2. The molecule has 3 heterocycles. The SMILES string of the molecule is Brc1cnc2ccc(-c3ccc4c(c3)OCO4)nn12. The molecule has 0 spiro atoms. The lowest BCUT2D eigenvalue weighted by molar-refractivity contribution is 0.174. The minimum absolute atomic E-state index is 0.276. The van der Waals surface area contributed by atoms with E-state index in [4.69, 9.17) is 9.47 Å². The van der Waals surface area contributed by atoms with Gasteiger partial charge < -0.3 is 9.47 Å². The topological polar surface area (TPSA) is 48.7 Å². The molecule has 4 rings (SSSR count). The fourth-order valence-corrected chi connectivity index (χ4v) is 2.42. The predicted molar refractivity (Wildman–Crippen MR) is 72.2 cm³/mol. The Hall–Kier alpha value is -2.08. The molecule has 0 N–H and O–H groups in total. The summed E-state index contributed by atoms with van der Waals surface area (Å²) in [4.78, 5) is 4.22. The van der Waals surface area contributed by atoms with E-state index in [9.17, 15) is 0 Å². The van der Waals surface area contributed by atoms with E-state index in [1.54, 1.807) is 10.7 Å². The van der Waals surface area contributed by atoms with Gasteiger partial charge in [-0.05, 0) is 46.3 Å². The molecule has 0 saturated heterocycles. The Morgan fingerprint density at radius 2 is 2.00 bits per heavy atom. The molecule has 0 atom stereocenters. The second-order valence-corrected chi connectivity index (χ2v) is 4.95. The summed E-state index contributed by atoms with van der Waals surface area (Å²) in [5, 5.41) is 4.54. The fourth-order valence-electron chi connectivity index (χ4n) is 2.06. The van der Waals surface area contributed by atoms with E-state index in [-0.39, 0.29) is 6.79 Å². The van der Waals surface area contributed by atoms with Gasteiger partial charge in [-0.2, -0.15) is 5.10 Å². The van der Waals surface area contributed by atoms with Crippen molar-refractivity contribution in [3.05, 3.63) is 41.1 Å². The van der Waals surface area contributed by atoms with Crippen LogP contribution in [0.1, 0.15) is 0 Å². The van der Waals surface area contributed by atoms with E-state index >= 15 is 0 Å². The molecular weight excluding hydrogens is 310 g/mol. The Morgan fingerprint density at radius 1 is 1.11 bits per heavy atom. The van der Waals surface area contributed by atoms with Crippen molar-refractivity contribution in [1.29, 1.82) is 0 Å². The zero-order valence-corrected chi connectivity index (χ0v) is 11.3. The highest BCUT2D eigenvalue weighted by Gasteiger charge is 2.14. The first-order valence-corrected chi connectivity index (χ1v) is 6.51. The van der Waals surface area contributed by atoms with Crippen LogP contribution in [0.15, 0.2) is 41.1 Å². The van der Waals surface area contributed by atoms with Crippen LogP contribution in [0.5, 0.6) is 11.5 Å². The van der Waals surface area contributed by atoms with E-state index in [0.717, 1.165) is 33.0 Å². The Labute approximate surface area is 116 Å². The van der Waals surface area contributed by atoms with Crippen LogP contribution < -0.4 is 9.47 Å². The van der Waals surface area contributed by atoms with Gasteiger partial charge in [0, 0.05) is 5.56 Å². The molecule has 1 aliphatic rings. The van der Waals surface area contributed by atoms with E-state index in [2.05, 4.69) is 26.0 Å². The number of fused-ring (bicyclic) bond motifs is 2. The molecule has 2 aromatic heterocycles. The van der Waals surface area contributed by atoms with Gasteiger partial charge in [-0.15, -0.1) is 0 Å². The first kappa shape index (κ1) is 10.8. The van der Waals surface area contributed by atoms with Gasteiger partial charge in [-0.1, -0.05) is 0 Å². The average Bonchev–Trinajstić information content (AvgIpc) is 3.05. The molecule has 0 fully saturated rings. The van der Waals surface area contributed by atoms with Crippen LogP contribution in [0.4, 0.5) is 0 Å². The number of imidazole rings is 1. The number of hydrogen-bond donors (Lipinski definition) is 0. The van der Waals surface area contributed by atoms with Crippen molar-refractivity contribution in [2.45, 2.75) is 0 Å². The monoisotopic (exact) mass is 317 g/mol. The van der Waals surface area contributed by atoms with Gasteiger partial charge in [0.05, 0.1) is 11.9 Å². The molecule has 3 aromatic rings. The van der Waals surface area contributed by atoms with Crippen molar-refractivity contribution in [3.63, 3.8) is 0 Å². The number of hydrogen-bond acceptors (Lipinski definition) is 4. The highest BCUT2D eigenvalue weighted by Crippen LogP contribution is 2.35. The van der Waals surface area contributed by atoms with Crippen LogP contribution in [0.2, 0.25) is 0 Å². The molecule has 5 nitrogen and oxygen atoms in total. The third-order valence-corrected chi connectivity index (χ3v) is 3.53. The van der Waals surface area contributed by atoms with Crippen LogP contribution >= 0.6 is 15.9 Å². The molecule has 1 aromatic carbocycles. The summed E-state index contributed by atoms with van der Waals surface area (Å²) < 4.78 is 13.3. The quantitative estimate of drug-likeness (QED) is 0.692. The summed E-state index contributed by atoms with van der Waals surface area (Å²) >= 11 is 3.42. The highest BCUT2D eigenvalue weighted by atomic mass is 79.9. The Bertz CT molecular complexity index is 785. The van der Waals surface area contributed by atoms with E-state index in [1.165, 1.54) is 0 Å². The number of aromatic nitrogens is 3. The van der Waals surface area contributed by atoms with Crippen molar-refractivity contribution < 1.29 is 9.47 Å². The van der Waals surface area contributed by atoms with Crippen LogP contribution in [0.25, 0.3) is 16.9 Å². The number of halogens is 1. The molecule has 0 aliphatic carbocycles. The Balaban J connectivity index is 1.87. The molecule has 0 amide bonds. The molecule has 0 bridgehead atoms. The number of ether oxygens (including phenoxy) is 2. The van der Waals surface area contributed by atoms with Crippen LogP contribution in [0, 0.1) is 0 Å². The zero-order chi connectivity index (χ0) is 12.8. The average molecular weight is 318 g/mol. The maximum atomic E-state index is 5.38. The summed E-state index contributed by atoms with van der Waals surface area (Å²) in [6.45, 7) is 0.276. The summed E-state index contributed by atoms with van der Waals surface area (Å²) in [6, 6.07) is 9.66.